The molecule has 0 radical (unpaired) electrons. The zero-order chi connectivity index (χ0) is 24.3. The fourth-order valence-corrected chi connectivity index (χ4v) is 4.37. The highest BCUT2D eigenvalue weighted by molar-refractivity contribution is 5.92. The summed E-state index contributed by atoms with van der Waals surface area (Å²) in [4.78, 5) is 39.5. The maximum atomic E-state index is 13.7. The Morgan fingerprint density at radius 3 is 2.30 bits per heavy atom. The highest BCUT2D eigenvalue weighted by Crippen LogP contribution is 2.26. The first-order valence-electron chi connectivity index (χ1n) is 11.0. The van der Waals surface area contributed by atoms with Crippen molar-refractivity contribution in [2.75, 3.05) is 7.05 Å². The standard InChI is InChI=1S/C25H31N3O5/c1-14-9-19(29)10-15(2)20(14)12-21(26-4)24(31)28-13-18-8-6-5-7-17(18)11-22(28)23(30)27-16(3)25(32)33/h5-10,16,21-22,26,29H,11-13H2,1-4H3,(H,27,30)(H,32,33)/t16-,21+,22?/m0/s1. The smallest absolute Gasteiger partial charge is 0.325 e. The van der Waals surface area contributed by atoms with Gasteiger partial charge in [0.05, 0.1) is 6.04 Å². The second-order valence-electron chi connectivity index (χ2n) is 8.63. The third-order valence-corrected chi connectivity index (χ3v) is 6.30. The monoisotopic (exact) mass is 453 g/mol. The molecule has 3 rings (SSSR count). The normalized spacial score (nSPS) is 17.1. The third kappa shape index (κ3) is 5.34. The van der Waals surface area contributed by atoms with Crippen molar-refractivity contribution in [3.8, 4) is 5.75 Å². The van der Waals surface area contributed by atoms with Crippen LogP contribution >= 0.6 is 0 Å². The number of carboxylic acids is 1. The molecule has 3 atom stereocenters. The summed E-state index contributed by atoms with van der Waals surface area (Å²) in [5.74, 6) is -1.68. The Bertz CT molecular complexity index is 1040. The maximum absolute atomic E-state index is 13.7. The number of likely N-dealkylation sites (N-methyl/N-ethyl adjacent to an activating group) is 1. The number of aromatic hydroxyl groups is 1. The number of rotatable bonds is 7. The van der Waals surface area contributed by atoms with Gasteiger partial charge in [0.1, 0.15) is 17.8 Å². The molecule has 1 aliphatic heterocycles. The predicted molar refractivity (Wildman–Crippen MR) is 124 cm³/mol. The van der Waals surface area contributed by atoms with Gasteiger partial charge in [0.15, 0.2) is 0 Å². The van der Waals surface area contributed by atoms with Crippen molar-refractivity contribution in [1.82, 2.24) is 15.5 Å². The number of phenols is 1. The molecule has 2 aromatic rings. The van der Waals surface area contributed by atoms with Crippen LogP contribution in [0, 0.1) is 13.8 Å². The van der Waals surface area contributed by atoms with Gasteiger partial charge in [0.2, 0.25) is 11.8 Å². The van der Waals surface area contributed by atoms with Gasteiger partial charge in [-0.25, -0.2) is 0 Å². The molecule has 33 heavy (non-hydrogen) atoms. The molecule has 0 saturated carbocycles. The Morgan fingerprint density at radius 2 is 1.73 bits per heavy atom. The lowest BCUT2D eigenvalue weighted by Crippen LogP contribution is -2.58. The van der Waals surface area contributed by atoms with Crippen LogP contribution in [0.5, 0.6) is 5.75 Å². The lowest BCUT2D eigenvalue weighted by molar-refractivity contribution is -0.146. The highest BCUT2D eigenvalue weighted by atomic mass is 16.4. The van der Waals surface area contributed by atoms with E-state index in [-0.39, 0.29) is 18.2 Å². The number of carbonyl (C=O) groups is 3. The Morgan fingerprint density at radius 1 is 1.12 bits per heavy atom. The number of hydrogen-bond donors (Lipinski definition) is 4. The van der Waals surface area contributed by atoms with Gasteiger partial charge < -0.3 is 25.7 Å². The van der Waals surface area contributed by atoms with Crippen molar-refractivity contribution in [3.05, 3.63) is 64.2 Å². The number of hydrogen-bond acceptors (Lipinski definition) is 5. The number of nitrogens with zero attached hydrogens (tertiary/aromatic N) is 1. The highest BCUT2D eigenvalue weighted by Gasteiger charge is 2.38. The molecular weight excluding hydrogens is 422 g/mol. The molecule has 8 nitrogen and oxygen atoms in total. The summed E-state index contributed by atoms with van der Waals surface area (Å²) < 4.78 is 0. The van der Waals surface area contributed by atoms with Gasteiger partial charge in [0.25, 0.3) is 0 Å². The van der Waals surface area contributed by atoms with Crippen LogP contribution < -0.4 is 10.6 Å². The number of fused-ring (bicyclic) bond motifs is 1. The molecule has 0 aromatic heterocycles. The van der Waals surface area contributed by atoms with E-state index < -0.39 is 30.0 Å². The van der Waals surface area contributed by atoms with E-state index in [4.69, 9.17) is 0 Å². The van der Waals surface area contributed by atoms with Crippen LogP contribution in [0.1, 0.15) is 34.7 Å². The molecule has 0 bridgehead atoms. The van der Waals surface area contributed by atoms with Gasteiger partial charge in [-0.15, -0.1) is 0 Å². The molecule has 176 valence electrons. The minimum absolute atomic E-state index is 0.179. The molecule has 4 N–H and O–H groups in total. The summed E-state index contributed by atoms with van der Waals surface area (Å²) in [5.41, 5.74) is 4.66. The number of aryl methyl sites for hydroxylation is 2. The van der Waals surface area contributed by atoms with Crippen molar-refractivity contribution in [3.63, 3.8) is 0 Å². The first kappa shape index (κ1) is 24.3. The SMILES string of the molecule is CN[C@H](Cc1c(C)cc(O)cc1C)C(=O)N1Cc2ccccc2CC1C(=O)N[C@@H](C)C(=O)O. The van der Waals surface area contributed by atoms with Crippen LogP contribution in [0.15, 0.2) is 36.4 Å². The summed E-state index contributed by atoms with van der Waals surface area (Å²) in [6.45, 7) is 5.44. The zero-order valence-electron chi connectivity index (χ0n) is 19.4. The molecule has 0 spiro atoms. The molecule has 0 fully saturated rings. The van der Waals surface area contributed by atoms with E-state index in [9.17, 15) is 24.6 Å². The molecule has 1 heterocycles. The van der Waals surface area contributed by atoms with E-state index in [1.165, 1.54) is 6.92 Å². The van der Waals surface area contributed by atoms with Crippen LogP contribution in [-0.2, 0) is 33.8 Å². The maximum Gasteiger partial charge on any atom is 0.325 e. The van der Waals surface area contributed by atoms with E-state index in [2.05, 4.69) is 10.6 Å². The summed E-state index contributed by atoms with van der Waals surface area (Å²) in [5, 5.41) is 24.6. The number of carboxylic acid groups (broad SMARTS) is 1. The molecule has 0 saturated heterocycles. The number of amides is 2. The van der Waals surface area contributed by atoms with Crippen LogP contribution in [0.3, 0.4) is 0 Å². The number of phenolic OH excluding ortho intramolecular Hbond substituents is 1. The van der Waals surface area contributed by atoms with Crippen molar-refractivity contribution in [2.24, 2.45) is 0 Å². The first-order valence-corrected chi connectivity index (χ1v) is 11.0. The van der Waals surface area contributed by atoms with Crippen LogP contribution in [0.25, 0.3) is 0 Å². The topological polar surface area (TPSA) is 119 Å². The Labute approximate surface area is 193 Å². The number of carbonyl (C=O) groups excluding carboxylic acids is 2. The third-order valence-electron chi connectivity index (χ3n) is 6.30. The Hall–Kier alpha value is -3.39. The second kappa shape index (κ2) is 10.0. The average Bonchev–Trinajstić information content (AvgIpc) is 2.77. The summed E-state index contributed by atoms with van der Waals surface area (Å²) in [6, 6.07) is 8.51. The number of nitrogens with one attached hydrogen (secondary N) is 2. The fourth-order valence-electron chi connectivity index (χ4n) is 4.37. The summed E-state index contributed by atoms with van der Waals surface area (Å²) >= 11 is 0. The Kier molecular flexibility index (Phi) is 7.38. The van der Waals surface area contributed by atoms with Crippen LogP contribution in [0.4, 0.5) is 0 Å². The molecule has 8 heteroatoms. The van der Waals surface area contributed by atoms with Crippen molar-refractivity contribution < 1.29 is 24.6 Å². The predicted octanol–water partition coefficient (Wildman–Crippen LogP) is 1.68. The lowest BCUT2D eigenvalue weighted by Gasteiger charge is -2.38. The van der Waals surface area contributed by atoms with Gasteiger partial charge in [-0.1, -0.05) is 24.3 Å². The average molecular weight is 454 g/mol. The lowest BCUT2D eigenvalue weighted by atomic mass is 9.91. The summed E-state index contributed by atoms with van der Waals surface area (Å²) in [6.07, 6.45) is 0.707. The van der Waals surface area contributed by atoms with E-state index in [0.717, 1.165) is 27.8 Å². The molecule has 1 aliphatic rings. The minimum Gasteiger partial charge on any atom is -0.508 e. The van der Waals surface area contributed by atoms with Crippen LogP contribution in [-0.4, -0.2) is 58.1 Å². The van der Waals surface area contributed by atoms with Gasteiger partial charge >= 0.3 is 5.97 Å². The number of benzene rings is 2. The Balaban J connectivity index is 1.91. The van der Waals surface area contributed by atoms with Crippen molar-refractivity contribution in [2.45, 2.75) is 58.3 Å². The van der Waals surface area contributed by atoms with Crippen molar-refractivity contribution in [1.29, 1.82) is 0 Å². The fraction of sp³-hybridized carbons (Fsp3) is 0.400. The van der Waals surface area contributed by atoms with Gasteiger partial charge in [-0.3, -0.25) is 14.4 Å². The zero-order valence-corrected chi connectivity index (χ0v) is 19.4. The number of aliphatic carboxylic acids is 1. The molecule has 2 amide bonds. The quantitative estimate of drug-likeness (QED) is 0.507. The molecule has 1 unspecified atom stereocenters. The summed E-state index contributed by atoms with van der Waals surface area (Å²) in [7, 11) is 1.70. The van der Waals surface area contributed by atoms with E-state index in [1.807, 2.05) is 38.1 Å². The second-order valence-corrected chi connectivity index (χ2v) is 8.63. The van der Waals surface area contributed by atoms with E-state index in [1.54, 1.807) is 24.1 Å². The van der Waals surface area contributed by atoms with Gasteiger partial charge in [-0.2, -0.15) is 0 Å². The van der Waals surface area contributed by atoms with Gasteiger partial charge in [0, 0.05) is 13.0 Å². The van der Waals surface area contributed by atoms with E-state index in [0.29, 0.717) is 12.8 Å². The first-order chi connectivity index (χ1) is 15.6. The van der Waals surface area contributed by atoms with Gasteiger partial charge in [-0.05, 0) is 74.2 Å². The molecule has 0 aliphatic carbocycles. The van der Waals surface area contributed by atoms with E-state index >= 15 is 0 Å². The molecular formula is C25H31N3O5. The largest absolute Gasteiger partial charge is 0.508 e. The molecule has 2 aromatic carbocycles. The van der Waals surface area contributed by atoms with Crippen molar-refractivity contribution >= 4 is 17.8 Å². The minimum atomic E-state index is -1.14. The van der Waals surface area contributed by atoms with Crippen LogP contribution in [0.2, 0.25) is 0 Å².